The molecule has 0 unspecified atom stereocenters. The van der Waals surface area contributed by atoms with Gasteiger partial charge in [-0.2, -0.15) is 13.2 Å². The molecule has 0 spiro atoms. The number of rotatable bonds is 2. The number of nitrogens with one attached hydrogen (secondary N) is 2. The highest BCUT2D eigenvalue weighted by atomic mass is 19.4. The Morgan fingerprint density at radius 1 is 0.958 bits per heavy atom. The molecular formula is C16H14F3N3O2. The molecule has 0 aliphatic carbocycles. The molecule has 24 heavy (non-hydrogen) atoms. The van der Waals surface area contributed by atoms with Crippen LogP contribution < -0.4 is 16.4 Å². The number of carbonyl (C=O) groups excluding carboxylic acids is 2. The topological polar surface area (TPSA) is 84.2 Å². The molecule has 0 saturated heterocycles. The molecule has 2 rings (SSSR count). The molecule has 2 amide bonds. The number of halogens is 3. The number of anilines is 3. The van der Waals surface area contributed by atoms with E-state index in [1.54, 1.807) is 25.1 Å². The summed E-state index contributed by atoms with van der Waals surface area (Å²) in [4.78, 5) is 23.7. The van der Waals surface area contributed by atoms with Crippen molar-refractivity contribution < 1.29 is 22.8 Å². The first-order chi connectivity index (χ1) is 11.2. The van der Waals surface area contributed by atoms with Crippen LogP contribution in [0.1, 0.15) is 11.1 Å². The largest absolute Gasteiger partial charge is 0.418 e. The molecule has 2 aromatic rings. The molecule has 0 heterocycles. The second-order valence-corrected chi connectivity index (χ2v) is 5.04. The highest BCUT2D eigenvalue weighted by Crippen LogP contribution is 2.34. The molecule has 0 radical (unpaired) electrons. The van der Waals surface area contributed by atoms with E-state index in [1.165, 1.54) is 12.1 Å². The molecular weight excluding hydrogens is 323 g/mol. The Morgan fingerprint density at radius 2 is 1.54 bits per heavy atom. The van der Waals surface area contributed by atoms with Crippen molar-refractivity contribution in [2.75, 3.05) is 16.4 Å². The SMILES string of the molecule is Cc1ccc(N)c(NC(=O)C(=O)Nc2ccccc2C(F)(F)F)c1. The number of nitrogen functional groups attached to an aromatic ring is 1. The third kappa shape index (κ3) is 4.03. The molecule has 0 atom stereocenters. The van der Waals surface area contributed by atoms with E-state index in [0.29, 0.717) is 0 Å². The van der Waals surface area contributed by atoms with Crippen LogP contribution in [0.25, 0.3) is 0 Å². The van der Waals surface area contributed by atoms with E-state index < -0.39 is 29.2 Å². The van der Waals surface area contributed by atoms with Crippen LogP contribution in [-0.2, 0) is 15.8 Å². The zero-order valence-electron chi connectivity index (χ0n) is 12.6. The van der Waals surface area contributed by atoms with E-state index in [-0.39, 0.29) is 11.4 Å². The van der Waals surface area contributed by atoms with Crippen molar-refractivity contribution in [3.63, 3.8) is 0 Å². The van der Waals surface area contributed by atoms with Crippen molar-refractivity contribution in [1.82, 2.24) is 0 Å². The number of hydrogen-bond acceptors (Lipinski definition) is 3. The lowest BCUT2D eigenvalue weighted by atomic mass is 10.1. The fraction of sp³-hybridized carbons (Fsp3) is 0.125. The van der Waals surface area contributed by atoms with E-state index in [9.17, 15) is 22.8 Å². The molecule has 4 N–H and O–H groups in total. The third-order valence-corrected chi connectivity index (χ3v) is 3.14. The molecule has 0 saturated carbocycles. The van der Waals surface area contributed by atoms with Crippen molar-refractivity contribution in [3.8, 4) is 0 Å². The van der Waals surface area contributed by atoms with E-state index in [0.717, 1.165) is 17.7 Å². The number of benzene rings is 2. The zero-order valence-corrected chi connectivity index (χ0v) is 12.6. The normalized spacial score (nSPS) is 11.0. The van der Waals surface area contributed by atoms with Crippen LogP contribution in [0.3, 0.4) is 0 Å². The summed E-state index contributed by atoms with van der Waals surface area (Å²) in [5.74, 6) is -2.35. The number of aryl methyl sites for hydroxylation is 1. The van der Waals surface area contributed by atoms with Crippen LogP contribution in [-0.4, -0.2) is 11.8 Å². The minimum atomic E-state index is -4.65. The molecule has 2 aromatic carbocycles. The van der Waals surface area contributed by atoms with Crippen molar-refractivity contribution in [2.45, 2.75) is 13.1 Å². The monoisotopic (exact) mass is 337 g/mol. The number of hydrogen-bond donors (Lipinski definition) is 3. The van der Waals surface area contributed by atoms with E-state index in [1.807, 2.05) is 5.32 Å². The number of alkyl halides is 3. The molecule has 0 aromatic heterocycles. The van der Waals surface area contributed by atoms with Gasteiger partial charge in [0, 0.05) is 0 Å². The van der Waals surface area contributed by atoms with Gasteiger partial charge in [0.05, 0.1) is 22.6 Å². The van der Waals surface area contributed by atoms with Crippen LogP contribution in [0.15, 0.2) is 42.5 Å². The van der Waals surface area contributed by atoms with Crippen LogP contribution in [0, 0.1) is 6.92 Å². The highest BCUT2D eigenvalue weighted by Gasteiger charge is 2.34. The Kier molecular flexibility index (Phi) is 4.77. The van der Waals surface area contributed by atoms with Crippen LogP contribution in [0.2, 0.25) is 0 Å². The quantitative estimate of drug-likeness (QED) is 0.581. The Balaban J connectivity index is 2.16. The minimum absolute atomic E-state index is 0.208. The number of para-hydroxylation sites is 1. The Bertz CT molecular complexity index is 788. The molecule has 0 fully saturated rings. The van der Waals surface area contributed by atoms with E-state index >= 15 is 0 Å². The third-order valence-electron chi connectivity index (χ3n) is 3.14. The Morgan fingerprint density at radius 3 is 2.17 bits per heavy atom. The van der Waals surface area contributed by atoms with Crippen LogP contribution in [0.5, 0.6) is 0 Å². The second kappa shape index (κ2) is 6.61. The lowest BCUT2D eigenvalue weighted by Gasteiger charge is -2.13. The van der Waals surface area contributed by atoms with E-state index in [2.05, 4.69) is 5.32 Å². The van der Waals surface area contributed by atoms with Crippen molar-refractivity contribution >= 4 is 28.9 Å². The summed E-state index contributed by atoms with van der Waals surface area (Å²) in [6, 6.07) is 9.19. The van der Waals surface area contributed by atoms with Gasteiger partial charge in [0.25, 0.3) is 0 Å². The van der Waals surface area contributed by atoms with Crippen molar-refractivity contribution in [1.29, 1.82) is 0 Å². The lowest BCUT2D eigenvalue weighted by molar-refractivity contribution is -0.137. The number of amides is 2. The van der Waals surface area contributed by atoms with Gasteiger partial charge < -0.3 is 16.4 Å². The minimum Gasteiger partial charge on any atom is -0.397 e. The van der Waals surface area contributed by atoms with Crippen molar-refractivity contribution in [3.05, 3.63) is 53.6 Å². The fourth-order valence-corrected chi connectivity index (χ4v) is 1.98. The van der Waals surface area contributed by atoms with Gasteiger partial charge in [-0.05, 0) is 36.8 Å². The highest BCUT2D eigenvalue weighted by molar-refractivity contribution is 6.44. The first kappa shape index (κ1) is 17.3. The van der Waals surface area contributed by atoms with Gasteiger partial charge in [0.2, 0.25) is 0 Å². The summed E-state index contributed by atoms with van der Waals surface area (Å²) in [6.07, 6.45) is -4.65. The summed E-state index contributed by atoms with van der Waals surface area (Å²) in [5.41, 5.74) is 5.37. The molecule has 0 aliphatic rings. The second-order valence-electron chi connectivity index (χ2n) is 5.04. The predicted molar refractivity (Wildman–Crippen MR) is 84.3 cm³/mol. The Hall–Kier alpha value is -3.03. The smallest absolute Gasteiger partial charge is 0.397 e. The van der Waals surface area contributed by atoms with Gasteiger partial charge >= 0.3 is 18.0 Å². The summed E-state index contributed by atoms with van der Waals surface area (Å²) < 4.78 is 38.6. The average Bonchev–Trinajstić information content (AvgIpc) is 2.50. The fourth-order valence-electron chi connectivity index (χ4n) is 1.98. The van der Waals surface area contributed by atoms with Crippen molar-refractivity contribution in [2.24, 2.45) is 0 Å². The average molecular weight is 337 g/mol. The van der Waals surface area contributed by atoms with Crippen LogP contribution >= 0.6 is 0 Å². The van der Waals surface area contributed by atoms with Gasteiger partial charge in [-0.3, -0.25) is 9.59 Å². The molecule has 0 aliphatic heterocycles. The summed E-state index contributed by atoms with van der Waals surface area (Å²) in [7, 11) is 0. The van der Waals surface area contributed by atoms with E-state index in [4.69, 9.17) is 5.73 Å². The molecule has 5 nitrogen and oxygen atoms in total. The van der Waals surface area contributed by atoms with Gasteiger partial charge in [-0.15, -0.1) is 0 Å². The predicted octanol–water partition coefficient (Wildman–Crippen LogP) is 3.17. The molecule has 8 heteroatoms. The summed E-state index contributed by atoms with van der Waals surface area (Å²) in [5, 5.41) is 4.23. The van der Waals surface area contributed by atoms with Gasteiger partial charge in [0.15, 0.2) is 0 Å². The first-order valence-electron chi connectivity index (χ1n) is 6.83. The maximum Gasteiger partial charge on any atom is 0.418 e. The van der Waals surface area contributed by atoms with Crippen LogP contribution in [0.4, 0.5) is 30.2 Å². The Labute approximate surface area is 135 Å². The first-order valence-corrected chi connectivity index (χ1v) is 6.83. The van der Waals surface area contributed by atoms with Gasteiger partial charge in [0.1, 0.15) is 0 Å². The zero-order chi connectivity index (χ0) is 17.9. The van der Waals surface area contributed by atoms with Gasteiger partial charge in [-0.1, -0.05) is 18.2 Å². The maximum absolute atomic E-state index is 12.9. The number of nitrogens with two attached hydrogens (primary N) is 1. The van der Waals surface area contributed by atoms with Gasteiger partial charge in [-0.25, -0.2) is 0 Å². The lowest BCUT2D eigenvalue weighted by Crippen LogP contribution is -2.30. The summed E-state index contributed by atoms with van der Waals surface area (Å²) in [6.45, 7) is 1.76. The number of carbonyl (C=O) groups is 2. The molecule has 126 valence electrons. The maximum atomic E-state index is 12.9. The summed E-state index contributed by atoms with van der Waals surface area (Å²) >= 11 is 0. The standard InChI is InChI=1S/C16H14F3N3O2/c1-9-6-7-11(20)13(8-9)22-15(24)14(23)21-12-5-3-2-4-10(12)16(17,18)19/h2-8H,20H2,1H3,(H,21,23)(H,22,24). The molecule has 0 bridgehead atoms.